The molecule has 0 saturated heterocycles. The molecule has 1 aromatic rings. The lowest BCUT2D eigenvalue weighted by atomic mass is 10.1. The smallest absolute Gasteiger partial charge is 0.242 e. The third kappa shape index (κ3) is 7.21. The number of carbonyl (C=O) groups excluding carboxylic acids is 1. The van der Waals surface area contributed by atoms with E-state index in [1.54, 1.807) is 12.1 Å². The van der Waals surface area contributed by atoms with E-state index in [4.69, 9.17) is 8.85 Å². The Morgan fingerprint density at radius 3 is 1.88 bits per heavy atom. The summed E-state index contributed by atoms with van der Waals surface area (Å²) in [6, 6.07) is 7.26. The number of hydrogen-bond donors (Lipinski definition) is 0. The van der Waals surface area contributed by atoms with Gasteiger partial charge in [0.2, 0.25) is 16.6 Å². The van der Waals surface area contributed by atoms with E-state index in [2.05, 4.69) is 58.9 Å². The van der Waals surface area contributed by atoms with Gasteiger partial charge in [-0.1, -0.05) is 31.8 Å². The number of carboxylic acids is 1. The highest BCUT2D eigenvalue weighted by atomic mass is 28.4. The Morgan fingerprint density at radius 1 is 0.920 bits per heavy atom. The van der Waals surface area contributed by atoms with E-state index in [1.165, 1.54) is 0 Å². The molecule has 0 N–H and O–H groups in total. The summed E-state index contributed by atoms with van der Waals surface area (Å²) in [5.41, 5.74) is 0.758. The minimum atomic E-state index is -2.03. The van der Waals surface area contributed by atoms with Gasteiger partial charge in [-0.3, -0.25) is 0 Å². The van der Waals surface area contributed by atoms with Gasteiger partial charge in [0.25, 0.3) is 0 Å². The quantitative estimate of drug-likeness (QED) is 0.396. The number of hydrogen-bond acceptors (Lipinski definition) is 4. The standard InChI is InChI=1S/C18H32O4Si3/c1-23(2,3)18(22-25(7,8)9)16(17(19)20)14-11-10-12-15(13-14)21-24(4,5)6/h10-13H,1-9H3,(H,19,20)/p-1/b18-16+. The second-order valence-corrected chi connectivity index (χ2v) is 23.0. The van der Waals surface area contributed by atoms with Crippen LogP contribution in [0.5, 0.6) is 5.75 Å². The second-order valence-electron chi connectivity index (χ2n) is 9.20. The van der Waals surface area contributed by atoms with Crippen molar-refractivity contribution in [1.29, 1.82) is 0 Å². The molecular formula is C18H31O4Si3-. The molecular weight excluding hydrogens is 364 g/mol. The third-order valence-corrected chi connectivity index (χ3v) is 6.65. The Bertz CT molecular complexity index is 662. The lowest BCUT2D eigenvalue weighted by molar-refractivity contribution is -0.295. The SMILES string of the molecule is C[Si](C)(C)O/C(=C(\C(=O)[O-])c1cccc(O[Si](C)(C)C)c1)[Si](C)(C)C. The van der Waals surface area contributed by atoms with Crippen LogP contribution in [0.15, 0.2) is 29.6 Å². The van der Waals surface area contributed by atoms with Crippen molar-refractivity contribution >= 4 is 36.3 Å². The monoisotopic (exact) mass is 395 g/mol. The lowest BCUT2D eigenvalue weighted by Gasteiger charge is -2.32. The average molecular weight is 396 g/mol. The molecule has 1 aromatic carbocycles. The van der Waals surface area contributed by atoms with Crippen LogP contribution in [0.2, 0.25) is 58.9 Å². The topological polar surface area (TPSA) is 58.6 Å². The Balaban J connectivity index is 3.57. The van der Waals surface area contributed by atoms with Gasteiger partial charge in [0.1, 0.15) is 13.8 Å². The van der Waals surface area contributed by atoms with Crippen LogP contribution in [0, 0.1) is 0 Å². The molecule has 7 heteroatoms. The summed E-state index contributed by atoms with van der Waals surface area (Å²) >= 11 is 0. The van der Waals surface area contributed by atoms with Crippen LogP contribution >= 0.6 is 0 Å². The van der Waals surface area contributed by atoms with Gasteiger partial charge in [0, 0.05) is 5.57 Å². The number of rotatable bonds is 7. The molecule has 1 rings (SSSR count). The van der Waals surface area contributed by atoms with Crippen molar-refractivity contribution in [2.45, 2.75) is 58.9 Å². The summed E-state index contributed by atoms with van der Waals surface area (Å²) in [4.78, 5) is 12.0. The molecule has 0 saturated carbocycles. The minimum Gasteiger partial charge on any atom is -0.551 e. The zero-order valence-corrected chi connectivity index (χ0v) is 19.9. The molecule has 0 unspecified atom stereocenters. The lowest BCUT2D eigenvalue weighted by Crippen LogP contribution is -2.38. The van der Waals surface area contributed by atoms with Crippen molar-refractivity contribution in [3.05, 3.63) is 35.2 Å². The first-order chi connectivity index (χ1) is 11.1. The molecule has 0 aromatic heterocycles. The van der Waals surface area contributed by atoms with Crippen LogP contribution in [-0.2, 0) is 9.22 Å². The highest BCUT2D eigenvalue weighted by molar-refractivity contribution is 6.85. The maximum Gasteiger partial charge on any atom is 0.242 e. The number of carbonyl (C=O) groups is 1. The number of carboxylic acid groups (broad SMARTS) is 1. The normalized spacial score (nSPS) is 14.0. The first-order valence-electron chi connectivity index (χ1n) is 8.55. The fraction of sp³-hybridized carbons (Fsp3) is 0.500. The predicted molar refractivity (Wildman–Crippen MR) is 110 cm³/mol. The fourth-order valence-corrected chi connectivity index (χ4v) is 6.98. The van der Waals surface area contributed by atoms with E-state index < -0.39 is 30.7 Å². The number of aliphatic carboxylic acids is 1. The van der Waals surface area contributed by atoms with Crippen molar-refractivity contribution in [3.63, 3.8) is 0 Å². The van der Waals surface area contributed by atoms with Gasteiger partial charge in [-0.15, -0.1) is 0 Å². The maximum atomic E-state index is 12.0. The molecule has 0 aliphatic rings. The van der Waals surface area contributed by atoms with E-state index in [1.807, 2.05) is 12.1 Å². The second kappa shape index (κ2) is 7.51. The van der Waals surface area contributed by atoms with Gasteiger partial charge in [-0.2, -0.15) is 0 Å². The van der Waals surface area contributed by atoms with Crippen molar-refractivity contribution in [2.24, 2.45) is 0 Å². The van der Waals surface area contributed by atoms with Crippen molar-refractivity contribution in [3.8, 4) is 5.75 Å². The molecule has 25 heavy (non-hydrogen) atoms. The highest BCUT2D eigenvalue weighted by Gasteiger charge is 2.31. The van der Waals surface area contributed by atoms with Gasteiger partial charge >= 0.3 is 0 Å². The first-order valence-corrected chi connectivity index (χ1v) is 18.9. The van der Waals surface area contributed by atoms with Gasteiger partial charge in [-0.05, 0) is 57.0 Å². The average Bonchev–Trinajstić information content (AvgIpc) is 2.33. The molecule has 0 radical (unpaired) electrons. The molecule has 0 bridgehead atoms. The Morgan fingerprint density at radius 2 is 1.48 bits per heavy atom. The van der Waals surface area contributed by atoms with Crippen LogP contribution in [0.4, 0.5) is 0 Å². The highest BCUT2D eigenvalue weighted by Crippen LogP contribution is 2.31. The molecule has 0 atom stereocenters. The Labute approximate surface area is 155 Å². The molecule has 4 nitrogen and oxygen atoms in total. The summed E-state index contributed by atoms with van der Waals surface area (Å²) in [7, 11) is -5.77. The fourth-order valence-electron chi connectivity index (χ4n) is 2.30. The molecule has 0 aliphatic heterocycles. The van der Waals surface area contributed by atoms with Gasteiger partial charge in [-0.25, -0.2) is 0 Å². The Kier molecular flexibility index (Phi) is 6.52. The Hall–Kier alpha value is -1.32. The van der Waals surface area contributed by atoms with Gasteiger partial charge in [0.15, 0.2) is 0 Å². The number of benzene rings is 1. The van der Waals surface area contributed by atoms with E-state index in [-0.39, 0.29) is 5.57 Å². The molecule has 0 spiro atoms. The van der Waals surface area contributed by atoms with Crippen molar-refractivity contribution in [2.75, 3.05) is 0 Å². The van der Waals surface area contributed by atoms with E-state index in [0.29, 0.717) is 16.7 Å². The molecule has 0 aliphatic carbocycles. The maximum absolute atomic E-state index is 12.0. The summed E-state index contributed by atoms with van der Waals surface area (Å²) in [6.07, 6.45) is 0. The van der Waals surface area contributed by atoms with Crippen LogP contribution in [0.25, 0.3) is 5.57 Å². The molecule has 0 amide bonds. The van der Waals surface area contributed by atoms with Gasteiger partial charge < -0.3 is 18.8 Å². The largest absolute Gasteiger partial charge is 0.551 e. The van der Waals surface area contributed by atoms with Crippen molar-refractivity contribution < 1.29 is 18.8 Å². The van der Waals surface area contributed by atoms with Crippen molar-refractivity contribution in [1.82, 2.24) is 0 Å². The van der Waals surface area contributed by atoms with E-state index in [9.17, 15) is 9.90 Å². The van der Waals surface area contributed by atoms with Crippen LogP contribution in [0.3, 0.4) is 0 Å². The molecule has 140 valence electrons. The predicted octanol–water partition coefficient (Wildman–Crippen LogP) is 4.09. The zero-order valence-electron chi connectivity index (χ0n) is 16.9. The first kappa shape index (κ1) is 21.7. The molecule has 0 heterocycles. The third-order valence-electron chi connectivity index (χ3n) is 3.07. The van der Waals surface area contributed by atoms with E-state index >= 15 is 0 Å². The molecule has 0 fully saturated rings. The summed E-state index contributed by atoms with van der Waals surface area (Å²) in [5.74, 6) is -0.501. The summed E-state index contributed by atoms with van der Waals surface area (Å²) in [5, 5.41) is 12.6. The van der Waals surface area contributed by atoms with Crippen LogP contribution in [0.1, 0.15) is 5.56 Å². The van der Waals surface area contributed by atoms with E-state index in [0.717, 1.165) is 0 Å². The van der Waals surface area contributed by atoms with Crippen LogP contribution in [-0.4, -0.2) is 30.7 Å². The van der Waals surface area contributed by atoms with Gasteiger partial charge in [0.05, 0.1) is 11.4 Å². The van der Waals surface area contributed by atoms with Crippen LogP contribution < -0.4 is 9.53 Å². The summed E-state index contributed by atoms with van der Waals surface area (Å²) < 4.78 is 12.3. The summed E-state index contributed by atoms with van der Waals surface area (Å²) in [6.45, 7) is 18.7. The minimum absolute atomic E-state index is 0.169. The zero-order chi connectivity index (χ0) is 19.6.